The van der Waals surface area contributed by atoms with Crippen LogP contribution in [0.15, 0.2) is 18.3 Å². The lowest BCUT2D eigenvalue weighted by molar-refractivity contribution is 0.157. The van der Waals surface area contributed by atoms with Crippen molar-refractivity contribution in [2.45, 2.75) is 39.8 Å². The van der Waals surface area contributed by atoms with E-state index in [0.717, 1.165) is 5.56 Å². The third-order valence-electron chi connectivity index (χ3n) is 3.11. The van der Waals surface area contributed by atoms with Crippen molar-refractivity contribution in [3.05, 3.63) is 23.9 Å². The zero-order chi connectivity index (χ0) is 13.1. The van der Waals surface area contributed by atoms with E-state index in [9.17, 15) is 5.11 Å². The monoisotopic (exact) mass is 237 g/mol. The summed E-state index contributed by atoms with van der Waals surface area (Å²) in [4.78, 5) is 3.97. The van der Waals surface area contributed by atoms with Gasteiger partial charge >= 0.3 is 0 Å². The molecule has 17 heavy (non-hydrogen) atoms. The van der Waals surface area contributed by atoms with Crippen molar-refractivity contribution in [3.63, 3.8) is 0 Å². The summed E-state index contributed by atoms with van der Waals surface area (Å²) in [5.41, 5.74) is 6.46. The maximum atomic E-state index is 9.98. The van der Waals surface area contributed by atoms with Crippen molar-refractivity contribution in [1.29, 1.82) is 0 Å². The number of hydrogen-bond acceptors (Lipinski definition) is 4. The first-order chi connectivity index (χ1) is 7.80. The largest absolute Gasteiger partial charge is 0.387 e. The Morgan fingerprint density at radius 1 is 1.41 bits per heavy atom. The number of anilines is 1. The number of hydrogen-bond donors (Lipinski definition) is 3. The predicted octanol–water partition coefficient (Wildman–Crippen LogP) is 1.72. The Bertz CT molecular complexity index is 343. The Morgan fingerprint density at radius 2 is 2.06 bits per heavy atom. The zero-order valence-corrected chi connectivity index (χ0v) is 11.1. The average molecular weight is 237 g/mol. The fourth-order valence-electron chi connectivity index (χ4n) is 1.33. The van der Waals surface area contributed by atoms with E-state index in [1.807, 2.05) is 0 Å². The predicted molar refractivity (Wildman–Crippen MR) is 70.5 cm³/mol. The van der Waals surface area contributed by atoms with Crippen LogP contribution >= 0.6 is 0 Å². The molecule has 0 aliphatic heterocycles. The van der Waals surface area contributed by atoms with E-state index in [4.69, 9.17) is 5.73 Å². The molecule has 0 saturated carbocycles. The van der Waals surface area contributed by atoms with Gasteiger partial charge in [0.05, 0.1) is 6.10 Å². The topological polar surface area (TPSA) is 71.2 Å². The van der Waals surface area contributed by atoms with Gasteiger partial charge in [0.1, 0.15) is 5.82 Å². The minimum atomic E-state index is -0.548. The number of nitrogens with zero attached hydrogens (tertiary/aromatic N) is 1. The minimum Gasteiger partial charge on any atom is -0.387 e. The van der Waals surface area contributed by atoms with E-state index in [1.165, 1.54) is 0 Å². The first-order valence-electron chi connectivity index (χ1n) is 5.93. The molecular weight excluding hydrogens is 214 g/mol. The number of pyridine rings is 1. The Labute approximate surface area is 103 Å². The summed E-state index contributed by atoms with van der Waals surface area (Å²) in [7, 11) is 0. The molecule has 0 aliphatic carbocycles. The van der Waals surface area contributed by atoms with E-state index < -0.39 is 6.10 Å². The summed E-state index contributed by atoms with van der Waals surface area (Å²) in [6.45, 7) is 9.14. The Balaban J connectivity index is 2.50. The van der Waals surface area contributed by atoms with Crippen LogP contribution in [0.25, 0.3) is 0 Å². The third-order valence-corrected chi connectivity index (χ3v) is 3.11. The van der Waals surface area contributed by atoms with Gasteiger partial charge in [-0.25, -0.2) is 4.98 Å². The Morgan fingerprint density at radius 3 is 2.53 bits per heavy atom. The molecule has 2 atom stereocenters. The molecule has 4 N–H and O–H groups in total. The maximum Gasteiger partial charge on any atom is 0.123 e. The molecule has 0 saturated heterocycles. The van der Waals surface area contributed by atoms with Crippen LogP contribution in [0.2, 0.25) is 0 Å². The molecule has 1 aromatic heterocycles. The summed E-state index contributed by atoms with van der Waals surface area (Å²) >= 11 is 0. The highest BCUT2D eigenvalue weighted by Crippen LogP contribution is 2.19. The second kappa shape index (κ2) is 5.47. The highest BCUT2D eigenvalue weighted by Gasteiger charge is 2.20. The van der Waals surface area contributed by atoms with Crippen molar-refractivity contribution in [2.75, 3.05) is 12.3 Å². The van der Waals surface area contributed by atoms with Crippen molar-refractivity contribution in [1.82, 2.24) is 10.3 Å². The molecule has 0 fully saturated rings. The number of aliphatic hydroxyl groups is 1. The van der Waals surface area contributed by atoms with Crippen LogP contribution in [-0.2, 0) is 0 Å². The molecule has 0 spiro atoms. The van der Waals surface area contributed by atoms with Crippen LogP contribution in [0.4, 0.5) is 5.82 Å². The molecule has 1 rings (SSSR count). The lowest BCUT2D eigenvalue weighted by Crippen LogP contribution is -2.39. The van der Waals surface area contributed by atoms with Gasteiger partial charge in [-0.2, -0.15) is 0 Å². The fourth-order valence-corrected chi connectivity index (χ4v) is 1.33. The standard InChI is InChI=1S/C13H23N3O/c1-9(13(2,3)4)15-8-11(17)10-5-6-12(14)16-7-10/h5-7,9,11,15,17H,8H2,1-4H3,(H2,14,16)/t9-,11?/m0/s1. The summed E-state index contributed by atoms with van der Waals surface area (Å²) in [5, 5.41) is 13.3. The molecule has 0 aromatic carbocycles. The molecule has 1 aromatic rings. The van der Waals surface area contributed by atoms with Gasteiger partial charge in [0.2, 0.25) is 0 Å². The molecule has 0 aliphatic rings. The van der Waals surface area contributed by atoms with Crippen LogP contribution < -0.4 is 11.1 Å². The number of aromatic nitrogens is 1. The number of aliphatic hydroxyl groups excluding tert-OH is 1. The Kier molecular flexibility index (Phi) is 4.48. The molecule has 96 valence electrons. The second-order valence-electron chi connectivity index (χ2n) is 5.53. The van der Waals surface area contributed by atoms with Gasteiger partial charge in [-0.3, -0.25) is 0 Å². The fraction of sp³-hybridized carbons (Fsp3) is 0.615. The van der Waals surface area contributed by atoms with Gasteiger partial charge in [-0.1, -0.05) is 26.8 Å². The normalized spacial score (nSPS) is 15.6. The van der Waals surface area contributed by atoms with Gasteiger partial charge in [-0.15, -0.1) is 0 Å². The van der Waals surface area contributed by atoms with Gasteiger partial charge in [0.15, 0.2) is 0 Å². The highest BCUT2D eigenvalue weighted by atomic mass is 16.3. The second-order valence-corrected chi connectivity index (χ2v) is 5.53. The van der Waals surface area contributed by atoms with Crippen LogP contribution in [0.1, 0.15) is 39.4 Å². The highest BCUT2D eigenvalue weighted by molar-refractivity contribution is 5.30. The van der Waals surface area contributed by atoms with Crippen molar-refractivity contribution < 1.29 is 5.11 Å². The molecule has 4 nitrogen and oxygen atoms in total. The first-order valence-corrected chi connectivity index (χ1v) is 5.93. The molecule has 0 radical (unpaired) electrons. The van der Waals surface area contributed by atoms with Crippen LogP contribution in [0, 0.1) is 5.41 Å². The number of nitrogen functional groups attached to an aromatic ring is 1. The number of nitrogens with two attached hydrogens (primary N) is 1. The lowest BCUT2D eigenvalue weighted by atomic mass is 9.88. The Hall–Kier alpha value is -1.13. The molecular formula is C13H23N3O. The van der Waals surface area contributed by atoms with Gasteiger partial charge in [0.25, 0.3) is 0 Å². The van der Waals surface area contributed by atoms with E-state index in [2.05, 4.69) is 38.0 Å². The molecule has 0 bridgehead atoms. The summed E-state index contributed by atoms with van der Waals surface area (Å²) in [6.07, 6.45) is 1.07. The van der Waals surface area contributed by atoms with Crippen LogP contribution in [0.3, 0.4) is 0 Å². The lowest BCUT2D eigenvalue weighted by Gasteiger charge is -2.29. The first kappa shape index (κ1) is 13.9. The van der Waals surface area contributed by atoms with Crippen molar-refractivity contribution in [3.8, 4) is 0 Å². The van der Waals surface area contributed by atoms with E-state index in [1.54, 1.807) is 18.3 Å². The quantitative estimate of drug-likeness (QED) is 0.745. The van der Waals surface area contributed by atoms with Gasteiger partial charge in [-0.05, 0) is 18.4 Å². The van der Waals surface area contributed by atoms with E-state index in [-0.39, 0.29) is 5.41 Å². The smallest absolute Gasteiger partial charge is 0.123 e. The van der Waals surface area contributed by atoms with Crippen LogP contribution in [-0.4, -0.2) is 22.7 Å². The third kappa shape index (κ3) is 4.32. The molecule has 4 heteroatoms. The van der Waals surface area contributed by atoms with Gasteiger partial charge < -0.3 is 16.2 Å². The maximum absolute atomic E-state index is 9.98. The van der Waals surface area contributed by atoms with Crippen molar-refractivity contribution in [2.24, 2.45) is 5.41 Å². The zero-order valence-electron chi connectivity index (χ0n) is 11.1. The average Bonchev–Trinajstić information content (AvgIpc) is 2.25. The number of nitrogens with one attached hydrogen (secondary N) is 1. The summed E-state index contributed by atoms with van der Waals surface area (Å²) < 4.78 is 0. The minimum absolute atomic E-state index is 0.180. The van der Waals surface area contributed by atoms with E-state index in [0.29, 0.717) is 18.4 Å². The van der Waals surface area contributed by atoms with Gasteiger partial charge in [0, 0.05) is 24.3 Å². The SMILES string of the molecule is C[C@H](NCC(O)c1ccc(N)nc1)C(C)(C)C. The van der Waals surface area contributed by atoms with E-state index >= 15 is 0 Å². The van der Waals surface area contributed by atoms with Crippen LogP contribution in [0.5, 0.6) is 0 Å². The molecule has 0 amide bonds. The number of rotatable bonds is 4. The molecule has 1 unspecified atom stereocenters. The molecule has 1 heterocycles. The summed E-state index contributed by atoms with van der Waals surface area (Å²) in [6, 6.07) is 3.83. The summed E-state index contributed by atoms with van der Waals surface area (Å²) in [5.74, 6) is 0.469. The van der Waals surface area contributed by atoms with Crippen molar-refractivity contribution >= 4 is 5.82 Å².